The summed E-state index contributed by atoms with van der Waals surface area (Å²) in [7, 11) is 1.61. The zero-order valence-corrected chi connectivity index (χ0v) is 17.0. The van der Waals surface area contributed by atoms with Crippen molar-refractivity contribution in [1.29, 1.82) is 0 Å². The number of nitrogens with zero attached hydrogens (tertiary/aromatic N) is 1. The van der Waals surface area contributed by atoms with Crippen LogP contribution in [0.3, 0.4) is 0 Å². The molecule has 0 fully saturated rings. The lowest BCUT2D eigenvalue weighted by Gasteiger charge is -2.18. The fourth-order valence-corrected chi connectivity index (χ4v) is 2.48. The molecule has 1 unspecified atom stereocenters. The lowest BCUT2D eigenvalue weighted by atomic mass is 10.2. The molecule has 148 valence electrons. The van der Waals surface area contributed by atoms with E-state index in [0.29, 0.717) is 23.7 Å². The largest absolute Gasteiger partial charge is 0.493 e. The maximum Gasteiger partial charge on any atom is 0.285 e. The first-order valence-electron chi connectivity index (χ1n) is 8.87. The Labute approximate surface area is 164 Å². The number of aromatic amines is 1. The van der Waals surface area contributed by atoms with E-state index in [1.807, 2.05) is 39.0 Å². The van der Waals surface area contributed by atoms with Crippen molar-refractivity contribution in [3.8, 4) is 17.4 Å². The van der Waals surface area contributed by atoms with Gasteiger partial charge in [-0.3, -0.25) is 4.79 Å². The molecular weight excluding hydrogens is 370 g/mol. The zero-order valence-electron chi connectivity index (χ0n) is 16.3. The van der Waals surface area contributed by atoms with Crippen molar-refractivity contribution in [2.75, 3.05) is 12.4 Å². The lowest BCUT2D eigenvalue weighted by Crippen LogP contribution is -2.17. The van der Waals surface area contributed by atoms with Gasteiger partial charge in [0.15, 0.2) is 11.5 Å². The van der Waals surface area contributed by atoms with Crippen LogP contribution in [0.4, 0.5) is 5.69 Å². The average molecular weight is 396 g/mol. The SMILES string of the molecule is CCC(C)Oc1cc(CNc2c(OC(C)C)n[nH]c(=O)c2Cl)ccc1OC. The van der Waals surface area contributed by atoms with E-state index in [4.69, 9.17) is 25.8 Å². The van der Waals surface area contributed by atoms with Gasteiger partial charge in [-0.15, -0.1) is 5.10 Å². The van der Waals surface area contributed by atoms with Crippen LogP contribution in [0.15, 0.2) is 23.0 Å². The monoisotopic (exact) mass is 395 g/mol. The third-order valence-electron chi connectivity index (χ3n) is 3.84. The van der Waals surface area contributed by atoms with Gasteiger partial charge in [-0.1, -0.05) is 24.6 Å². The van der Waals surface area contributed by atoms with E-state index in [9.17, 15) is 4.79 Å². The second-order valence-electron chi connectivity index (χ2n) is 6.39. The van der Waals surface area contributed by atoms with Crippen LogP contribution >= 0.6 is 11.6 Å². The van der Waals surface area contributed by atoms with E-state index in [0.717, 1.165) is 12.0 Å². The highest BCUT2D eigenvalue weighted by molar-refractivity contribution is 6.33. The van der Waals surface area contributed by atoms with Crippen molar-refractivity contribution in [2.24, 2.45) is 0 Å². The number of H-pyrrole nitrogens is 1. The van der Waals surface area contributed by atoms with Crippen molar-refractivity contribution in [1.82, 2.24) is 10.2 Å². The Hall–Kier alpha value is -2.41. The topological polar surface area (TPSA) is 85.5 Å². The molecule has 2 N–H and O–H groups in total. The van der Waals surface area contributed by atoms with Crippen LogP contribution in [0, 0.1) is 0 Å². The molecule has 0 saturated carbocycles. The number of benzene rings is 1. The fraction of sp³-hybridized carbons (Fsp3) is 0.474. The number of aromatic nitrogens is 2. The predicted molar refractivity (Wildman–Crippen MR) is 106 cm³/mol. The number of methoxy groups -OCH3 is 1. The predicted octanol–water partition coefficient (Wildman–Crippen LogP) is 4.01. The first kappa shape index (κ1) is 20.9. The van der Waals surface area contributed by atoms with Crippen LogP contribution in [-0.4, -0.2) is 29.5 Å². The number of nitrogens with one attached hydrogen (secondary N) is 2. The Kier molecular flexibility index (Phi) is 7.36. The zero-order chi connectivity index (χ0) is 20.0. The number of ether oxygens (including phenoxy) is 3. The molecule has 1 atom stereocenters. The van der Waals surface area contributed by atoms with Crippen molar-refractivity contribution in [3.05, 3.63) is 39.1 Å². The summed E-state index contributed by atoms with van der Waals surface area (Å²) < 4.78 is 16.9. The molecule has 1 aromatic heterocycles. The molecule has 0 amide bonds. The highest BCUT2D eigenvalue weighted by Crippen LogP contribution is 2.31. The van der Waals surface area contributed by atoms with Crippen molar-refractivity contribution in [3.63, 3.8) is 0 Å². The third kappa shape index (κ3) is 5.53. The number of halogens is 1. The third-order valence-corrected chi connectivity index (χ3v) is 4.20. The summed E-state index contributed by atoms with van der Waals surface area (Å²) in [6, 6.07) is 5.65. The standard InChI is InChI=1S/C19H26ClN3O4/c1-6-12(4)27-15-9-13(7-8-14(15)25-5)10-21-17-16(20)18(24)22-23-19(17)26-11(2)3/h7-9,11-12H,6,10H2,1-5H3,(H2,21,22,24). The molecule has 27 heavy (non-hydrogen) atoms. The number of anilines is 1. The molecule has 0 aliphatic rings. The average Bonchev–Trinajstić information content (AvgIpc) is 2.64. The molecule has 0 saturated heterocycles. The fourth-order valence-electron chi connectivity index (χ4n) is 2.29. The molecule has 1 aromatic carbocycles. The van der Waals surface area contributed by atoms with Gasteiger partial charge in [0, 0.05) is 6.54 Å². The maximum atomic E-state index is 11.8. The van der Waals surface area contributed by atoms with Crippen LogP contribution < -0.4 is 25.1 Å². The molecular formula is C19H26ClN3O4. The van der Waals surface area contributed by atoms with Crippen LogP contribution in [0.5, 0.6) is 17.4 Å². The van der Waals surface area contributed by atoms with Crippen LogP contribution in [-0.2, 0) is 6.54 Å². The molecule has 0 radical (unpaired) electrons. The van der Waals surface area contributed by atoms with Gasteiger partial charge in [0.05, 0.1) is 19.3 Å². The summed E-state index contributed by atoms with van der Waals surface area (Å²) in [4.78, 5) is 11.8. The summed E-state index contributed by atoms with van der Waals surface area (Å²) >= 11 is 6.14. The molecule has 2 rings (SSSR count). The minimum Gasteiger partial charge on any atom is -0.493 e. The maximum absolute atomic E-state index is 11.8. The molecule has 8 heteroatoms. The van der Waals surface area contributed by atoms with Gasteiger partial charge in [0.2, 0.25) is 0 Å². The van der Waals surface area contributed by atoms with Crippen LogP contribution in [0.25, 0.3) is 0 Å². The molecule has 0 bridgehead atoms. The van der Waals surface area contributed by atoms with Gasteiger partial charge in [-0.2, -0.15) is 0 Å². The highest BCUT2D eigenvalue weighted by Gasteiger charge is 2.16. The lowest BCUT2D eigenvalue weighted by molar-refractivity contribution is 0.207. The van der Waals surface area contributed by atoms with Crippen LogP contribution in [0.1, 0.15) is 39.7 Å². The van der Waals surface area contributed by atoms with E-state index in [2.05, 4.69) is 22.4 Å². The van der Waals surface area contributed by atoms with Gasteiger partial charge in [0.25, 0.3) is 11.4 Å². The first-order valence-corrected chi connectivity index (χ1v) is 9.25. The second-order valence-corrected chi connectivity index (χ2v) is 6.77. The van der Waals surface area contributed by atoms with Crippen molar-refractivity contribution >= 4 is 17.3 Å². The van der Waals surface area contributed by atoms with Crippen LogP contribution in [0.2, 0.25) is 5.02 Å². The van der Waals surface area contributed by atoms with Gasteiger partial charge in [0.1, 0.15) is 10.7 Å². The minimum atomic E-state index is -0.481. The van der Waals surface area contributed by atoms with E-state index in [1.54, 1.807) is 7.11 Å². The molecule has 7 nitrogen and oxygen atoms in total. The summed E-state index contributed by atoms with van der Waals surface area (Å²) in [5, 5.41) is 9.41. The Morgan fingerprint density at radius 2 is 1.96 bits per heavy atom. The Morgan fingerprint density at radius 3 is 2.59 bits per heavy atom. The van der Waals surface area contributed by atoms with E-state index in [1.165, 1.54) is 0 Å². The van der Waals surface area contributed by atoms with Crippen molar-refractivity contribution in [2.45, 2.75) is 52.9 Å². The summed E-state index contributed by atoms with van der Waals surface area (Å²) in [5.41, 5.74) is 0.807. The second kappa shape index (κ2) is 9.50. The summed E-state index contributed by atoms with van der Waals surface area (Å²) in [6.07, 6.45) is 0.839. The van der Waals surface area contributed by atoms with Gasteiger partial charge in [-0.05, 0) is 44.9 Å². The molecule has 2 aromatic rings. The van der Waals surface area contributed by atoms with E-state index < -0.39 is 5.56 Å². The van der Waals surface area contributed by atoms with Gasteiger partial charge < -0.3 is 19.5 Å². The molecule has 0 aliphatic carbocycles. The molecule has 1 heterocycles. The smallest absolute Gasteiger partial charge is 0.285 e. The quantitative estimate of drug-likeness (QED) is 0.667. The normalized spacial score (nSPS) is 12.0. The molecule has 0 aliphatic heterocycles. The highest BCUT2D eigenvalue weighted by atomic mass is 35.5. The van der Waals surface area contributed by atoms with E-state index >= 15 is 0 Å². The summed E-state index contributed by atoms with van der Waals surface area (Å²) in [5.74, 6) is 1.58. The van der Waals surface area contributed by atoms with Crippen molar-refractivity contribution < 1.29 is 14.2 Å². The van der Waals surface area contributed by atoms with Gasteiger partial charge >= 0.3 is 0 Å². The Bertz CT molecular complexity index is 823. The number of hydrogen-bond donors (Lipinski definition) is 2. The summed E-state index contributed by atoms with van der Waals surface area (Å²) in [6.45, 7) is 8.20. The number of hydrogen-bond acceptors (Lipinski definition) is 6. The Morgan fingerprint density at radius 1 is 1.22 bits per heavy atom. The van der Waals surface area contributed by atoms with E-state index in [-0.39, 0.29) is 23.1 Å². The molecule has 0 spiro atoms. The minimum absolute atomic E-state index is 0.00485. The van der Waals surface area contributed by atoms with Gasteiger partial charge in [-0.25, -0.2) is 5.10 Å². The first-order chi connectivity index (χ1) is 12.8. The Balaban J connectivity index is 2.25. The number of rotatable bonds is 9.